The second kappa shape index (κ2) is 46.1. The molecule has 8 rings (SSSR count). The van der Waals surface area contributed by atoms with Gasteiger partial charge in [0.2, 0.25) is 0 Å². The monoisotopic (exact) mass is 1020 g/mol. The van der Waals surface area contributed by atoms with Gasteiger partial charge >= 0.3 is 0 Å². The summed E-state index contributed by atoms with van der Waals surface area (Å²) in [6.07, 6.45) is 7.51. The van der Waals surface area contributed by atoms with Crippen molar-refractivity contribution in [2.24, 2.45) is 0 Å². The average Bonchev–Trinajstić information content (AvgIpc) is 4.44. The highest BCUT2D eigenvalue weighted by Gasteiger charge is 2.23. The predicted octanol–water partition coefficient (Wildman–Crippen LogP) is 17.3. The molecule has 2 N–H and O–H groups in total. The second-order valence-electron chi connectivity index (χ2n) is 16.1. The van der Waals surface area contributed by atoms with Gasteiger partial charge in [-0.25, -0.2) is 0 Å². The first-order valence-electron chi connectivity index (χ1n) is 28.3. The highest BCUT2D eigenvalue weighted by atomic mass is 16.6. The standard InChI is InChI=1S/C22H28O3.C21H26O4.C12H10.6C2H6/c1-2-3-20(23)15-24-21-11-9-19(10-12-21)14-18-6-4-17(5-7-18)8-13-22-16-25-22;1-2-3-18(22)13-23-19-8-4-16(5-9-19)12-17-6-10-20(11-7-17)24-14-21-15-25-21;1-3-7-11(8-4-1)12-9-5-2-6-10-12;6*1-2/h4-7,9-12,20,22-23H,2-3,8,13-16H2,1H3;4-11,18,21-22H,2-3,12-15H2,1H3;1-10H;6*1-2H3. The van der Waals surface area contributed by atoms with Crippen molar-refractivity contribution in [2.75, 3.05) is 33.0 Å². The van der Waals surface area contributed by atoms with Gasteiger partial charge in [0.1, 0.15) is 43.2 Å². The average molecular weight is 1020 g/mol. The Labute approximate surface area is 451 Å². The summed E-state index contributed by atoms with van der Waals surface area (Å²) in [4.78, 5) is 0. The molecule has 4 unspecified atom stereocenters. The molecule has 2 fully saturated rings. The second-order valence-corrected chi connectivity index (χ2v) is 16.1. The number of aliphatic hydroxyl groups is 2. The quantitative estimate of drug-likeness (QED) is 0.0694. The molecule has 7 heteroatoms. The Hall–Kier alpha value is -5.44. The van der Waals surface area contributed by atoms with Crippen LogP contribution >= 0.6 is 0 Å². The van der Waals surface area contributed by atoms with Gasteiger partial charge < -0.3 is 33.9 Å². The van der Waals surface area contributed by atoms with Crippen molar-refractivity contribution in [3.05, 3.63) is 186 Å². The van der Waals surface area contributed by atoms with Crippen molar-refractivity contribution in [3.63, 3.8) is 0 Å². The van der Waals surface area contributed by atoms with E-state index in [2.05, 4.69) is 123 Å². The van der Waals surface area contributed by atoms with E-state index in [1.54, 1.807) is 0 Å². The Kier molecular flexibility index (Phi) is 42.7. The Morgan fingerprint density at radius 1 is 0.405 bits per heavy atom. The third-order valence-electron chi connectivity index (χ3n) is 10.6. The Bertz CT molecular complexity index is 1930. The molecule has 6 aromatic carbocycles. The highest BCUT2D eigenvalue weighted by Crippen LogP contribution is 2.22. The molecule has 0 radical (unpaired) electrons. The van der Waals surface area contributed by atoms with Crippen LogP contribution in [0.2, 0.25) is 0 Å². The van der Waals surface area contributed by atoms with E-state index in [0.717, 1.165) is 81.8 Å². The van der Waals surface area contributed by atoms with Gasteiger partial charge in [-0.3, -0.25) is 0 Å². The molecule has 6 aromatic rings. The molecule has 7 nitrogen and oxygen atoms in total. The molecular weight excluding hydrogens is 917 g/mol. The van der Waals surface area contributed by atoms with Crippen LogP contribution in [0.5, 0.6) is 17.2 Å². The third kappa shape index (κ3) is 32.0. The van der Waals surface area contributed by atoms with Gasteiger partial charge in [-0.2, -0.15) is 0 Å². The summed E-state index contributed by atoms with van der Waals surface area (Å²) in [5.74, 6) is 2.50. The molecule has 2 aliphatic rings. The fraction of sp³-hybridized carbons (Fsp3) is 0.463. The maximum absolute atomic E-state index is 9.72. The van der Waals surface area contributed by atoms with E-state index in [9.17, 15) is 10.2 Å². The Morgan fingerprint density at radius 3 is 1.01 bits per heavy atom. The largest absolute Gasteiger partial charge is 0.491 e. The van der Waals surface area contributed by atoms with E-state index < -0.39 is 6.10 Å². The molecule has 2 aliphatic heterocycles. The first-order chi connectivity index (χ1) is 36.4. The molecular formula is C67H100O7. The number of epoxide rings is 2. The summed E-state index contributed by atoms with van der Waals surface area (Å²) >= 11 is 0. The van der Waals surface area contributed by atoms with Gasteiger partial charge in [0, 0.05) is 0 Å². The number of aryl methyl sites for hydroxylation is 1. The number of aliphatic hydroxyl groups excluding tert-OH is 2. The molecule has 0 amide bonds. The van der Waals surface area contributed by atoms with Gasteiger partial charge in [0.25, 0.3) is 0 Å². The van der Waals surface area contributed by atoms with Crippen LogP contribution in [0.4, 0.5) is 0 Å². The summed E-state index contributed by atoms with van der Waals surface area (Å²) in [5.41, 5.74) is 8.98. The molecule has 0 saturated carbocycles. The summed E-state index contributed by atoms with van der Waals surface area (Å²) in [6.45, 7) is 31.2. The minimum atomic E-state index is -0.392. The van der Waals surface area contributed by atoms with Crippen molar-refractivity contribution >= 4 is 0 Å². The summed E-state index contributed by atoms with van der Waals surface area (Å²) in [7, 11) is 0. The van der Waals surface area contributed by atoms with Crippen LogP contribution in [-0.4, -0.2) is 67.7 Å². The van der Waals surface area contributed by atoms with Gasteiger partial charge in [-0.1, -0.05) is 231 Å². The summed E-state index contributed by atoms with van der Waals surface area (Å²) in [5, 5.41) is 19.4. The fourth-order valence-electron chi connectivity index (χ4n) is 6.80. The van der Waals surface area contributed by atoms with Crippen LogP contribution < -0.4 is 14.2 Å². The van der Waals surface area contributed by atoms with E-state index >= 15 is 0 Å². The topological polar surface area (TPSA) is 93.2 Å². The summed E-state index contributed by atoms with van der Waals surface area (Å²) < 4.78 is 27.3. The lowest BCUT2D eigenvalue weighted by atomic mass is 10.0. The first-order valence-corrected chi connectivity index (χ1v) is 28.3. The zero-order valence-electron chi connectivity index (χ0n) is 48.4. The maximum atomic E-state index is 9.72. The lowest BCUT2D eigenvalue weighted by Crippen LogP contribution is -2.16. The smallest absolute Gasteiger partial charge is 0.119 e. The minimum absolute atomic E-state index is 0.281. The Balaban J connectivity index is 0.00000102. The maximum Gasteiger partial charge on any atom is 0.119 e. The van der Waals surface area contributed by atoms with Crippen molar-refractivity contribution in [1.29, 1.82) is 0 Å². The zero-order valence-corrected chi connectivity index (χ0v) is 48.4. The third-order valence-corrected chi connectivity index (χ3v) is 10.6. The van der Waals surface area contributed by atoms with Crippen LogP contribution in [0.15, 0.2) is 158 Å². The lowest BCUT2D eigenvalue weighted by Gasteiger charge is -2.12. The lowest BCUT2D eigenvalue weighted by molar-refractivity contribution is 0.0992. The fourth-order valence-corrected chi connectivity index (χ4v) is 6.80. The molecule has 74 heavy (non-hydrogen) atoms. The molecule has 4 atom stereocenters. The number of ether oxygens (including phenoxy) is 5. The van der Waals surface area contributed by atoms with Crippen LogP contribution in [0.25, 0.3) is 11.1 Å². The number of rotatable bonds is 21. The van der Waals surface area contributed by atoms with Crippen LogP contribution in [0.3, 0.4) is 0 Å². The Morgan fingerprint density at radius 2 is 0.703 bits per heavy atom. The van der Waals surface area contributed by atoms with Crippen LogP contribution in [0, 0.1) is 0 Å². The van der Waals surface area contributed by atoms with Crippen LogP contribution in [0.1, 0.15) is 157 Å². The van der Waals surface area contributed by atoms with Crippen molar-refractivity contribution < 1.29 is 33.9 Å². The number of hydrogen-bond donors (Lipinski definition) is 2. The van der Waals surface area contributed by atoms with Crippen molar-refractivity contribution in [2.45, 2.75) is 173 Å². The van der Waals surface area contributed by atoms with Gasteiger partial charge in [0.15, 0.2) is 0 Å². The van der Waals surface area contributed by atoms with E-state index in [0.29, 0.717) is 25.9 Å². The van der Waals surface area contributed by atoms with Crippen LogP contribution in [-0.2, 0) is 28.7 Å². The summed E-state index contributed by atoms with van der Waals surface area (Å²) in [6, 6.07) is 54.1. The zero-order chi connectivity index (χ0) is 55.2. The van der Waals surface area contributed by atoms with Gasteiger partial charge in [0.05, 0.1) is 31.5 Å². The number of benzene rings is 6. The van der Waals surface area contributed by atoms with Crippen molar-refractivity contribution in [3.8, 4) is 28.4 Å². The molecule has 2 heterocycles. The normalized spacial score (nSPS) is 13.7. The van der Waals surface area contributed by atoms with E-state index in [1.807, 2.05) is 132 Å². The first kappa shape index (κ1) is 68.6. The molecule has 410 valence electrons. The van der Waals surface area contributed by atoms with Gasteiger partial charge in [-0.05, 0) is 114 Å². The highest BCUT2D eigenvalue weighted by molar-refractivity contribution is 5.62. The van der Waals surface area contributed by atoms with E-state index in [1.165, 1.54) is 38.9 Å². The van der Waals surface area contributed by atoms with E-state index in [-0.39, 0.29) is 12.2 Å². The molecule has 0 spiro atoms. The molecule has 0 aromatic heterocycles. The molecule has 2 saturated heterocycles. The van der Waals surface area contributed by atoms with Gasteiger partial charge in [-0.15, -0.1) is 0 Å². The minimum Gasteiger partial charge on any atom is -0.491 e. The molecule has 0 aliphatic carbocycles. The van der Waals surface area contributed by atoms with E-state index in [4.69, 9.17) is 23.7 Å². The van der Waals surface area contributed by atoms with Crippen molar-refractivity contribution in [1.82, 2.24) is 0 Å². The predicted molar refractivity (Wildman–Crippen MR) is 317 cm³/mol. The number of hydrogen-bond acceptors (Lipinski definition) is 7. The molecule has 0 bridgehead atoms. The SMILES string of the molecule is CC.CC.CC.CC.CC.CC.CCCC(O)COc1ccc(Cc2ccc(CCC3CO3)cc2)cc1.CCCC(O)COc1ccc(Cc2ccc(OCC3CO3)cc2)cc1.c1ccc(-c2ccccc2)cc1.